The third-order valence-corrected chi connectivity index (χ3v) is 3.25. The molecule has 2 N–H and O–H groups in total. The highest BCUT2D eigenvalue weighted by Crippen LogP contribution is 2.19. The molecule has 0 saturated heterocycles. The molecule has 2 aromatic carbocycles. The molecule has 0 radical (unpaired) electrons. The van der Waals surface area contributed by atoms with Gasteiger partial charge in [-0.15, -0.1) is 0 Å². The Morgan fingerprint density at radius 3 is 2.79 bits per heavy atom. The molecule has 0 bridgehead atoms. The summed E-state index contributed by atoms with van der Waals surface area (Å²) in [6, 6.07) is 11.8. The van der Waals surface area contributed by atoms with Gasteiger partial charge in [0.2, 0.25) is 0 Å². The van der Waals surface area contributed by atoms with Gasteiger partial charge in [-0.25, -0.2) is 4.79 Å². The van der Waals surface area contributed by atoms with E-state index in [4.69, 9.17) is 4.74 Å². The van der Waals surface area contributed by atoms with Crippen molar-refractivity contribution in [2.24, 2.45) is 0 Å². The third kappa shape index (κ3) is 3.49. The summed E-state index contributed by atoms with van der Waals surface area (Å²) in [6.45, 7) is -0.198. The summed E-state index contributed by atoms with van der Waals surface area (Å²) in [6.07, 6.45) is 0. The van der Waals surface area contributed by atoms with Crippen molar-refractivity contribution in [3.8, 4) is 5.75 Å². The number of methoxy groups -OCH3 is 1. The molecule has 0 spiro atoms. The van der Waals surface area contributed by atoms with Gasteiger partial charge < -0.3 is 14.8 Å². The van der Waals surface area contributed by atoms with E-state index in [1.807, 2.05) is 0 Å². The van der Waals surface area contributed by atoms with Crippen molar-refractivity contribution in [3.63, 3.8) is 0 Å². The maximum atomic E-state index is 12.3. The van der Waals surface area contributed by atoms with E-state index in [0.717, 1.165) is 0 Å². The minimum Gasteiger partial charge on any atom is -0.482 e. The number of aromatic nitrogens is 3. The average molecular weight is 326 g/mol. The summed E-state index contributed by atoms with van der Waals surface area (Å²) < 4.78 is 9.79. The second-order valence-corrected chi connectivity index (χ2v) is 4.87. The van der Waals surface area contributed by atoms with Gasteiger partial charge in [0.25, 0.3) is 5.91 Å². The van der Waals surface area contributed by atoms with Crippen LogP contribution in [0.2, 0.25) is 0 Å². The van der Waals surface area contributed by atoms with E-state index in [0.29, 0.717) is 28.0 Å². The minimum absolute atomic E-state index is 0.198. The zero-order valence-corrected chi connectivity index (χ0v) is 12.8. The van der Waals surface area contributed by atoms with Gasteiger partial charge in [0.1, 0.15) is 16.8 Å². The third-order valence-electron chi connectivity index (χ3n) is 3.25. The number of hydrogen-bond acceptors (Lipinski definition) is 6. The molecule has 1 amide bonds. The van der Waals surface area contributed by atoms with Crippen LogP contribution in [0.1, 0.15) is 10.4 Å². The van der Waals surface area contributed by atoms with E-state index in [1.165, 1.54) is 7.11 Å². The molecular formula is C16H14N4O4. The first-order valence-corrected chi connectivity index (χ1v) is 7.07. The summed E-state index contributed by atoms with van der Waals surface area (Å²) in [5.41, 5.74) is 2.29. The van der Waals surface area contributed by atoms with Crippen LogP contribution in [0.15, 0.2) is 42.5 Å². The topological polar surface area (TPSA) is 106 Å². The number of ether oxygens (including phenoxy) is 2. The van der Waals surface area contributed by atoms with Gasteiger partial charge in [-0.3, -0.25) is 4.79 Å². The van der Waals surface area contributed by atoms with Crippen LogP contribution in [0, 0.1) is 0 Å². The van der Waals surface area contributed by atoms with Crippen molar-refractivity contribution < 1.29 is 19.1 Å². The smallest absolute Gasteiger partial charge is 0.343 e. The van der Waals surface area contributed by atoms with E-state index in [9.17, 15) is 9.59 Å². The van der Waals surface area contributed by atoms with Crippen molar-refractivity contribution in [1.29, 1.82) is 0 Å². The van der Waals surface area contributed by atoms with Gasteiger partial charge in [-0.05, 0) is 30.3 Å². The Hall–Kier alpha value is -3.42. The average Bonchev–Trinajstić information content (AvgIpc) is 3.07. The molecule has 1 aromatic heterocycles. The SMILES string of the molecule is COC(=O)COc1cccc(NC(=O)c2ccc3n[nH]nc3c2)c1. The second-order valence-electron chi connectivity index (χ2n) is 4.87. The van der Waals surface area contributed by atoms with Crippen LogP contribution in [-0.2, 0) is 9.53 Å². The molecule has 3 rings (SSSR count). The Balaban J connectivity index is 1.70. The van der Waals surface area contributed by atoms with Crippen molar-refractivity contribution in [3.05, 3.63) is 48.0 Å². The molecule has 0 aliphatic rings. The molecule has 0 unspecified atom stereocenters. The number of rotatable bonds is 5. The molecule has 0 aliphatic heterocycles. The van der Waals surface area contributed by atoms with Gasteiger partial charge in [-0.1, -0.05) is 6.07 Å². The molecule has 1 heterocycles. The predicted molar refractivity (Wildman–Crippen MR) is 85.8 cm³/mol. The largest absolute Gasteiger partial charge is 0.482 e. The number of hydrogen-bond donors (Lipinski definition) is 2. The van der Waals surface area contributed by atoms with Gasteiger partial charge in [0.15, 0.2) is 6.61 Å². The highest BCUT2D eigenvalue weighted by molar-refractivity contribution is 6.05. The molecule has 0 aliphatic carbocycles. The first kappa shape index (κ1) is 15.5. The molecule has 24 heavy (non-hydrogen) atoms. The van der Waals surface area contributed by atoms with Crippen LogP contribution < -0.4 is 10.1 Å². The van der Waals surface area contributed by atoms with Crippen LogP contribution >= 0.6 is 0 Å². The first-order chi connectivity index (χ1) is 11.7. The maximum absolute atomic E-state index is 12.3. The summed E-state index contributed by atoms with van der Waals surface area (Å²) in [5.74, 6) is -0.319. The number of benzene rings is 2. The number of nitrogens with zero attached hydrogens (tertiary/aromatic N) is 2. The van der Waals surface area contributed by atoms with Crippen molar-refractivity contribution in [1.82, 2.24) is 15.4 Å². The molecule has 122 valence electrons. The van der Waals surface area contributed by atoms with Crippen molar-refractivity contribution in [2.45, 2.75) is 0 Å². The van der Waals surface area contributed by atoms with Crippen LogP contribution in [0.25, 0.3) is 11.0 Å². The normalized spacial score (nSPS) is 10.4. The number of nitrogens with one attached hydrogen (secondary N) is 2. The Labute approximate surface area is 136 Å². The van der Waals surface area contributed by atoms with E-state index < -0.39 is 5.97 Å². The standard InChI is InChI=1S/C16H14N4O4/c1-23-15(21)9-24-12-4-2-3-11(8-12)17-16(22)10-5-6-13-14(7-10)19-20-18-13/h2-8H,9H2,1H3,(H,17,22)(H,18,19,20). The highest BCUT2D eigenvalue weighted by atomic mass is 16.6. The minimum atomic E-state index is -0.481. The molecule has 8 nitrogen and oxygen atoms in total. The monoisotopic (exact) mass is 326 g/mol. The van der Waals surface area contributed by atoms with Crippen LogP contribution in [0.3, 0.4) is 0 Å². The van der Waals surface area contributed by atoms with E-state index in [-0.39, 0.29) is 12.5 Å². The Morgan fingerprint density at radius 2 is 1.96 bits per heavy atom. The van der Waals surface area contributed by atoms with Crippen molar-refractivity contribution >= 4 is 28.6 Å². The summed E-state index contributed by atoms with van der Waals surface area (Å²) in [5, 5.41) is 13.2. The number of fused-ring (bicyclic) bond motifs is 1. The molecule has 0 atom stereocenters. The number of H-pyrrole nitrogens is 1. The van der Waals surface area contributed by atoms with Gasteiger partial charge in [-0.2, -0.15) is 15.4 Å². The molecule has 8 heteroatoms. The predicted octanol–water partition coefficient (Wildman–Crippen LogP) is 1.76. The van der Waals surface area contributed by atoms with Crippen molar-refractivity contribution in [2.75, 3.05) is 19.0 Å². The van der Waals surface area contributed by atoms with Gasteiger partial charge >= 0.3 is 5.97 Å². The molecule has 0 fully saturated rings. The summed E-state index contributed by atoms with van der Waals surface area (Å²) >= 11 is 0. The number of aromatic amines is 1. The fourth-order valence-corrected chi connectivity index (χ4v) is 2.05. The number of carbonyl (C=O) groups excluding carboxylic acids is 2. The lowest BCUT2D eigenvalue weighted by molar-refractivity contribution is -0.142. The Kier molecular flexibility index (Phi) is 4.37. The number of amides is 1. The lowest BCUT2D eigenvalue weighted by atomic mass is 10.2. The molecular weight excluding hydrogens is 312 g/mol. The van der Waals surface area contributed by atoms with Crippen LogP contribution in [0.5, 0.6) is 5.75 Å². The second kappa shape index (κ2) is 6.78. The lowest BCUT2D eigenvalue weighted by Gasteiger charge is -2.08. The van der Waals surface area contributed by atoms with E-state index >= 15 is 0 Å². The fourth-order valence-electron chi connectivity index (χ4n) is 2.05. The van der Waals surface area contributed by atoms with Crippen LogP contribution in [-0.4, -0.2) is 41.0 Å². The highest BCUT2D eigenvalue weighted by Gasteiger charge is 2.09. The van der Waals surface area contributed by atoms with E-state index in [1.54, 1.807) is 42.5 Å². The first-order valence-electron chi connectivity index (χ1n) is 7.07. The number of esters is 1. The van der Waals surface area contributed by atoms with E-state index in [2.05, 4.69) is 25.5 Å². The molecule has 0 saturated carbocycles. The molecule has 3 aromatic rings. The zero-order valence-electron chi connectivity index (χ0n) is 12.8. The number of carbonyl (C=O) groups is 2. The maximum Gasteiger partial charge on any atom is 0.343 e. The van der Waals surface area contributed by atoms with Crippen LogP contribution in [0.4, 0.5) is 5.69 Å². The van der Waals surface area contributed by atoms with Gasteiger partial charge in [0, 0.05) is 17.3 Å². The number of anilines is 1. The fraction of sp³-hybridized carbons (Fsp3) is 0.125. The summed E-state index contributed by atoms with van der Waals surface area (Å²) in [4.78, 5) is 23.4. The zero-order chi connectivity index (χ0) is 16.9. The quantitative estimate of drug-likeness (QED) is 0.692. The van der Waals surface area contributed by atoms with Gasteiger partial charge in [0.05, 0.1) is 7.11 Å². The summed E-state index contributed by atoms with van der Waals surface area (Å²) in [7, 11) is 1.29. The Bertz CT molecular complexity index is 890. The Morgan fingerprint density at radius 1 is 1.12 bits per heavy atom. The lowest BCUT2D eigenvalue weighted by Crippen LogP contribution is -2.13.